The van der Waals surface area contributed by atoms with Gasteiger partial charge in [0.1, 0.15) is 21.9 Å². The maximum absolute atomic E-state index is 13.2. The van der Waals surface area contributed by atoms with Crippen LogP contribution in [0.3, 0.4) is 0 Å². The lowest BCUT2D eigenvalue weighted by molar-refractivity contribution is -0.115. The Morgan fingerprint density at radius 1 is 0.889 bits per heavy atom. The van der Waals surface area contributed by atoms with Crippen molar-refractivity contribution in [3.8, 4) is 28.2 Å². The van der Waals surface area contributed by atoms with E-state index in [4.69, 9.17) is 4.42 Å². The molecule has 0 spiro atoms. The number of carboxylic acids is 1. The second-order valence-electron chi connectivity index (χ2n) is 8.11. The van der Waals surface area contributed by atoms with Gasteiger partial charge < -0.3 is 19.9 Å². The van der Waals surface area contributed by atoms with Gasteiger partial charge in [-0.05, 0) is 42.0 Å². The average molecular weight is 544 g/mol. The number of benzene rings is 4. The molecule has 1 atom stereocenters. The molecule has 0 aromatic heterocycles. The van der Waals surface area contributed by atoms with E-state index >= 15 is 0 Å². The summed E-state index contributed by atoms with van der Waals surface area (Å²) in [7, 11) is 0. The third-order valence-corrected chi connectivity index (χ3v) is 6.75. The number of aromatic hydroxyl groups is 1. The molecule has 0 saturated heterocycles. The molecule has 0 bridgehead atoms. The van der Waals surface area contributed by atoms with Crippen LogP contribution in [0.5, 0.6) is 5.75 Å². The van der Waals surface area contributed by atoms with Gasteiger partial charge >= 0.3 is 5.97 Å². The second-order valence-corrected chi connectivity index (χ2v) is 9.03. The van der Waals surface area contributed by atoms with Crippen molar-refractivity contribution < 1.29 is 24.2 Å². The maximum atomic E-state index is 13.2. The molecule has 1 aliphatic heterocycles. The van der Waals surface area contributed by atoms with Gasteiger partial charge in [0, 0.05) is 39.9 Å². The van der Waals surface area contributed by atoms with Crippen molar-refractivity contribution in [1.82, 2.24) is 0 Å². The number of phenolic OH excluding ortho intramolecular Hbond substituents is 1. The summed E-state index contributed by atoms with van der Waals surface area (Å²) in [6.07, 6.45) is 0. The van der Waals surface area contributed by atoms with Crippen molar-refractivity contribution in [1.29, 1.82) is 0 Å². The number of alkyl halides is 1. The number of carbonyl (C=O) groups is 2. The Labute approximate surface area is 213 Å². The standard InChI is InChI=1S/C28H18BrNO6/c29-26(15-5-2-1-3-6-15)27(33)30-21-8-4-7-20(28(34)35)25(21)24-18-11-9-16(31)13-22(18)36-23-14-17(32)10-12-19(23)24/h1-14,26,31H,(H,30,33)(H,34,35). The second kappa shape index (κ2) is 9.31. The minimum absolute atomic E-state index is 0.0493. The summed E-state index contributed by atoms with van der Waals surface area (Å²) in [6, 6.07) is 22.4. The van der Waals surface area contributed by atoms with E-state index in [0.717, 1.165) is 5.56 Å². The van der Waals surface area contributed by atoms with Gasteiger partial charge in [0.15, 0.2) is 5.43 Å². The number of hydrogen-bond acceptors (Lipinski definition) is 5. The van der Waals surface area contributed by atoms with Gasteiger partial charge in [0.25, 0.3) is 0 Å². The predicted molar refractivity (Wildman–Crippen MR) is 140 cm³/mol. The molecule has 1 aliphatic carbocycles. The van der Waals surface area contributed by atoms with Crippen LogP contribution in [0.15, 0.2) is 94.1 Å². The minimum Gasteiger partial charge on any atom is -0.508 e. The number of anilines is 1. The lowest BCUT2D eigenvalue weighted by Crippen LogP contribution is -2.18. The van der Waals surface area contributed by atoms with Crippen LogP contribution in [0.1, 0.15) is 20.7 Å². The number of aromatic carboxylic acids is 1. The zero-order chi connectivity index (χ0) is 25.4. The molecule has 0 radical (unpaired) electrons. The summed E-state index contributed by atoms with van der Waals surface area (Å²) in [6.45, 7) is 0. The summed E-state index contributed by atoms with van der Waals surface area (Å²) in [5.74, 6) is -1.42. The molecule has 2 aliphatic rings. The van der Waals surface area contributed by atoms with E-state index in [9.17, 15) is 24.6 Å². The largest absolute Gasteiger partial charge is 0.508 e. The summed E-state index contributed by atoms with van der Waals surface area (Å²) >= 11 is 3.43. The Morgan fingerprint density at radius 3 is 2.42 bits per heavy atom. The average Bonchev–Trinajstić information content (AvgIpc) is 2.87. The lowest BCUT2D eigenvalue weighted by atomic mass is 9.89. The molecule has 0 fully saturated rings. The predicted octanol–water partition coefficient (Wildman–Crippen LogP) is 6.04. The zero-order valence-electron chi connectivity index (χ0n) is 18.6. The number of carbonyl (C=O) groups excluding carboxylic acids is 1. The van der Waals surface area contributed by atoms with Crippen molar-refractivity contribution in [3.63, 3.8) is 0 Å². The molecule has 1 unspecified atom stereocenters. The molecule has 1 heterocycles. The van der Waals surface area contributed by atoms with Crippen LogP contribution < -0.4 is 10.7 Å². The quantitative estimate of drug-likeness (QED) is 0.183. The Kier molecular flexibility index (Phi) is 6.03. The Bertz CT molecular complexity index is 1660. The molecular formula is C28H18BrNO6. The Balaban J connectivity index is 1.77. The third-order valence-electron chi connectivity index (χ3n) is 5.80. The molecule has 3 N–H and O–H groups in total. The smallest absolute Gasteiger partial charge is 0.336 e. The summed E-state index contributed by atoms with van der Waals surface area (Å²) in [4.78, 5) is 36.9. The minimum atomic E-state index is -1.19. The van der Waals surface area contributed by atoms with E-state index in [1.54, 1.807) is 36.4 Å². The van der Waals surface area contributed by atoms with Gasteiger partial charge in [-0.15, -0.1) is 0 Å². The highest BCUT2D eigenvalue weighted by Crippen LogP contribution is 2.45. The van der Waals surface area contributed by atoms with Gasteiger partial charge in [-0.25, -0.2) is 4.79 Å². The van der Waals surface area contributed by atoms with Crippen LogP contribution in [0.25, 0.3) is 33.4 Å². The van der Waals surface area contributed by atoms with Gasteiger partial charge in [0.2, 0.25) is 5.91 Å². The van der Waals surface area contributed by atoms with Gasteiger partial charge in [-0.1, -0.05) is 52.3 Å². The SMILES string of the molecule is O=C(O)c1cccc(NC(=O)C(Br)c2ccccc2)c1-c1c2ccc(=O)cc-2oc2cc(O)ccc12. The molecule has 0 saturated carbocycles. The summed E-state index contributed by atoms with van der Waals surface area (Å²) in [5.41, 5.74) is 2.10. The van der Waals surface area contributed by atoms with E-state index in [0.29, 0.717) is 16.5 Å². The fraction of sp³-hybridized carbons (Fsp3) is 0.0357. The lowest BCUT2D eigenvalue weighted by Gasteiger charge is -2.20. The van der Waals surface area contributed by atoms with Crippen LogP contribution in [0.4, 0.5) is 5.69 Å². The molecule has 3 aromatic carbocycles. The van der Waals surface area contributed by atoms with Crippen molar-refractivity contribution >= 4 is 44.5 Å². The summed E-state index contributed by atoms with van der Waals surface area (Å²) in [5, 5.41) is 23.5. The monoisotopic (exact) mass is 543 g/mol. The first-order valence-electron chi connectivity index (χ1n) is 10.9. The van der Waals surface area contributed by atoms with E-state index in [-0.39, 0.29) is 39.3 Å². The van der Waals surface area contributed by atoms with Crippen LogP contribution in [-0.2, 0) is 4.79 Å². The number of carboxylic acid groups (broad SMARTS) is 1. The van der Waals surface area contributed by atoms with Crippen molar-refractivity contribution in [2.75, 3.05) is 5.32 Å². The van der Waals surface area contributed by atoms with Crippen LogP contribution in [0, 0.1) is 0 Å². The first kappa shape index (κ1) is 23.3. The van der Waals surface area contributed by atoms with E-state index in [1.165, 1.54) is 30.3 Å². The van der Waals surface area contributed by atoms with Crippen molar-refractivity contribution in [2.24, 2.45) is 0 Å². The highest BCUT2D eigenvalue weighted by molar-refractivity contribution is 9.09. The maximum Gasteiger partial charge on any atom is 0.336 e. The normalized spacial score (nSPS) is 11.9. The van der Waals surface area contributed by atoms with Crippen LogP contribution >= 0.6 is 15.9 Å². The van der Waals surface area contributed by atoms with Gasteiger partial charge in [0.05, 0.1) is 5.56 Å². The third kappa shape index (κ3) is 4.23. The molecular weight excluding hydrogens is 526 g/mol. The Morgan fingerprint density at radius 2 is 1.67 bits per heavy atom. The highest BCUT2D eigenvalue weighted by Gasteiger charge is 2.26. The zero-order valence-corrected chi connectivity index (χ0v) is 20.2. The van der Waals surface area contributed by atoms with Crippen LogP contribution in [0.2, 0.25) is 0 Å². The van der Waals surface area contributed by atoms with E-state index in [2.05, 4.69) is 21.2 Å². The first-order valence-corrected chi connectivity index (χ1v) is 11.8. The molecule has 8 heteroatoms. The fourth-order valence-corrected chi connectivity index (χ4v) is 4.62. The molecule has 36 heavy (non-hydrogen) atoms. The number of halogens is 1. The number of phenols is 1. The molecule has 1 amide bonds. The number of rotatable bonds is 5. The highest BCUT2D eigenvalue weighted by atomic mass is 79.9. The fourth-order valence-electron chi connectivity index (χ4n) is 4.20. The molecule has 5 rings (SSSR count). The molecule has 178 valence electrons. The number of fused-ring (bicyclic) bond motifs is 2. The summed E-state index contributed by atoms with van der Waals surface area (Å²) < 4.78 is 5.89. The number of amides is 1. The van der Waals surface area contributed by atoms with Gasteiger partial charge in [-0.3, -0.25) is 9.59 Å². The molecule has 3 aromatic rings. The van der Waals surface area contributed by atoms with E-state index < -0.39 is 16.7 Å². The number of hydrogen-bond donors (Lipinski definition) is 3. The van der Waals surface area contributed by atoms with Crippen LogP contribution in [-0.4, -0.2) is 22.1 Å². The topological polar surface area (TPSA) is 117 Å². The Hall–Kier alpha value is -4.43. The molecule has 7 nitrogen and oxygen atoms in total. The van der Waals surface area contributed by atoms with Crippen molar-refractivity contribution in [2.45, 2.75) is 4.83 Å². The van der Waals surface area contributed by atoms with Gasteiger partial charge in [-0.2, -0.15) is 0 Å². The van der Waals surface area contributed by atoms with E-state index in [1.807, 2.05) is 18.2 Å². The number of nitrogens with one attached hydrogen (secondary N) is 1. The first-order chi connectivity index (χ1) is 17.3. The van der Waals surface area contributed by atoms with Crippen molar-refractivity contribution in [3.05, 3.63) is 106 Å².